The maximum Gasteiger partial charge on any atom is 0.0736 e. The van der Waals surface area contributed by atoms with Gasteiger partial charge >= 0.3 is 0 Å². The lowest BCUT2D eigenvalue weighted by molar-refractivity contribution is 0.134. The first-order valence-corrected chi connectivity index (χ1v) is 9.46. The first kappa shape index (κ1) is 16.8. The molecule has 0 radical (unpaired) electrons. The minimum atomic E-state index is 0.357. The number of aryl methyl sites for hydroxylation is 1. The Labute approximate surface area is 149 Å². The highest BCUT2D eigenvalue weighted by Crippen LogP contribution is 2.30. The molecule has 0 amide bonds. The van der Waals surface area contributed by atoms with Crippen LogP contribution in [0, 0.1) is 5.92 Å². The molecule has 1 aliphatic carbocycles. The number of rotatable bonds is 6. The minimum Gasteiger partial charge on any atom is -0.384 e. The molecule has 0 aromatic carbocycles. The van der Waals surface area contributed by atoms with Crippen LogP contribution in [0.3, 0.4) is 0 Å². The van der Waals surface area contributed by atoms with E-state index in [4.69, 9.17) is 9.84 Å². The molecule has 1 aliphatic heterocycles. The van der Waals surface area contributed by atoms with E-state index in [1.165, 1.54) is 42.5 Å². The summed E-state index contributed by atoms with van der Waals surface area (Å²) in [5.74, 6) is 1.17. The third-order valence-corrected chi connectivity index (χ3v) is 5.58. The van der Waals surface area contributed by atoms with Crippen LogP contribution in [0.2, 0.25) is 0 Å². The van der Waals surface area contributed by atoms with Crippen LogP contribution in [0.15, 0.2) is 18.6 Å². The van der Waals surface area contributed by atoms with Crippen LogP contribution < -0.4 is 0 Å². The van der Waals surface area contributed by atoms with E-state index in [1.54, 1.807) is 7.11 Å². The van der Waals surface area contributed by atoms with E-state index in [2.05, 4.69) is 27.1 Å². The Bertz CT molecular complexity index is 700. The Hall–Kier alpha value is -1.66. The topological polar surface area (TPSA) is 48.1 Å². The number of nitrogens with zero attached hydrogens (tertiary/aromatic N) is 5. The molecule has 25 heavy (non-hydrogen) atoms. The molecule has 0 spiro atoms. The molecule has 3 heterocycles. The van der Waals surface area contributed by atoms with Gasteiger partial charge in [0.1, 0.15) is 0 Å². The van der Waals surface area contributed by atoms with Gasteiger partial charge in [-0.05, 0) is 18.8 Å². The Balaban J connectivity index is 1.50. The molecule has 1 fully saturated rings. The summed E-state index contributed by atoms with van der Waals surface area (Å²) in [6.45, 7) is 4.71. The summed E-state index contributed by atoms with van der Waals surface area (Å²) < 4.78 is 9.57. The van der Waals surface area contributed by atoms with Crippen molar-refractivity contribution in [2.75, 3.05) is 20.3 Å². The molecule has 0 saturated heterocycles. The predicted molar refractivity (Wildman–Crippen MR) is 96.1 cm³/mol. The van der Waals surface area contributed by atoms with E-state index in [-0.39, 0.29) is 0 Å². The molecule has 1 unspecified atom stereocenters. The number of methoxy groups -OCH3 is 1. The Morgan fingerprint density at radius 3 is 2.80 bits per heavy atom. The summed E-state index contributed by atoms with van der Waals surface area (Å²) in [6, 6.07) is 0. The van der Waals surface area contributed by atoms with Crippen LogP contribution in [0.25, 0.3) is 0 Å². The first-order valence-electron chi connectivity index (χ1n) is 9.46. The molecule has 2 aromatic rings. The monoisotopic (exact) mass is 343 g/mol. The van der Waals surface area contributed by atoms with E-state index in [0.29, 0.717) is 5.92 Å². The molecular weight excluding hydrogens is 314 g/mol. The zero-order valence-corrected chi connectivity index (χ0v) is 15.4. The van der Waals surface area contributed by atoms with Crippen molar-refractivity contribution in [3.8, 4) is 0 Å². The lowest BCUT2D eigenvalue weighted by atomic mass is 9.97. The fourth-order valence-corrected chi connectivity index (χ4v) is 4.46. The van der Waals surface area contributed by atoms with E-state index < -0.39 is 0 Å². The third kappa shape index (κ3) is 3.80. The number of aromatic nitrogens is 4. The van der Waals surface area contributed by atoms with Gasteiger partial charge in [0.15, 0.2) is 0 Å². The largest absolute Gasteiger partial charge is 0.384 e. The summed E-state index contributed by atoms with van der Waals surface area (Å²) in [7, 11) is 3.76. The van der Waals surface area contributed by atoms with Gasteiger partial charge in [-0.15, -0.1) is 0 Å². The van der Waals surface area contributed by atoms with Crippen molar-refractivity contribution in [1.29, 1.82) is 0 Å². The third-order valence-electron chi connectivity index (χ3n) is 5.58. The van der Waals surface area contributed by atoms with Crippen LogP contribution in [0.1, 0.15) is 48.4 Å². The van der Waals surface area contributed by atoms with E-state index in [9.17, 15) is 0 Å². The molecule has 0 bridgehead atoms. The smallest absolute Gasteiger partial charge is 0.0736 e. The normalized spacial score (nSPS) is 21.8. The van der Waals surface area contributed by atoms with Gasteiger partial charge in [0.2, 0.25) is 0 Å². The second-order valence-electron chi connectivity index (χ2n) is 7.76. The number of ether oxygens (including phenoxy) is 1. The van der Waals surface area contributed by atoms with Gasteiger partial charge in [-0.1, -0.05) is 12.8 Å². The molecule has 4 rings (SSSR count). The molecule has 1 saturated carbocycles. The van der Waals surface area contributed by atoms with Gasteiger partial charge in [-0.2, -0.15) is 10.2 Å². The highest BCUT2D eigenvalue weighted by atomic mass is 16.5. The molecule has 2 aliphatic rings. The Morgan fingerprint density at radius 1 is 1.24 bits per heavy atom. The van der Waals surface area contributed by atoms with Crippen LogP contribution in [-0.2, 0) is 31.4 Å². The molecule has 6 nitrogen and oxygen atoms in total. The van der Waals surface area contributed by atoms with Gasteiger partial charge < -0.3 is 4.74 Å². The van der Waals surface area contributed by atoms with Crippen molar-refractivity contribution in [2.24, 2.45) is 13.0 Å². The van der Waals surface area contributed by atoms with Crippen molar-refractivity contribution in [3.63, 3.8) is 0 Å². The number of hydrogen-bond donors (Lipinski definition) is 0. The molecule has 6 heteroatoms. The summed E-state index contributed by atoms with van der Waals surface area (Å²) in [5, 5.41) is 9.25. The first-order chi connectivity index (χ1) is 12.2. The minimum absolute atomic E-state index is 0.357. The highest BCUT2D eigenvalue weighted by Gasteiger charge is 2.29. The average molecular weight is 343 g/mol. The maximum absolute atomic E-state index is 5.49. The summed E-state index contributed by atoms with van der Waals surface area (Å²) in [4.78, 5) is 2.49. The van der Waals surface area contributed by atoms with Gasteiger partial charge in [0, 0.05) is 69.8 Å². The molecular formula is C19H29N5O. The summed E-state index contributed by atoms with van der Waals surface area (Å²) in [6.07, 6.45) is 11.8. The average Bonchev–Trinajstić information content (AvgIpc) is 3.30. The zero-order chi connectivity index (χ0) is 17.2. The predicted octanol–water partition coefficient (Wildman–Crippen LogP) is 2.55. The zero-order valence-electron chi connectivity index (χ0n) is 15.4. The fourth-order valence-electron chi connectivity index (χ4n) is 4.46. The molecule has 136 valence electrons. The summed E-state index contributed by atoms with van der Waals surface area (Å²) in [5.41, 5.74) is 3.89. The SMILES string of the molecule is COCC1CN(Cc2cnn(C)c2)Cc2cn(CC3CCCC3)nc21. The summed E-state index contributed by atoms with van der Waals surface area (Å²) >= 11 is 0. The molecule has 0 N–H and O–H groups in total. The van der Waals surface area contributed by atoms with Gasteiger partial charge in [0.25, 0.3) is 0 Å². The van der Waals surface area contributed by atoms with E-state index >= 15 is 0 Å². The maximum atomic E-state index is 5.49. The lowest BCUT2D eigenvalue weighted by Gasteiger charge is -2.31. The quantitative estimate of drug-likeness (QED) is 0.809. The van der Waals surface area contributed by atoms with Crippen molar-refractivity contribution >= 4 is 0 Å². The highest BCUT2D eigenvalue weighted by molar-refractivity contribution is 5.25. The van der Waals surface area contributed by atoms with E-state index in [0.717, 1.165) is 38.7 Å². The second-order valence-corrected chi connectivity index (χ2v) is 7.76. The van der Waals surface area contributed by atoms with Gasteiger partial charge in [0.05, 0.1) is 18.5 Å². The number of fused-ring (bicyclic) bond motifs is 1. The Kier molecular flexibility index (Phi) is 4.90. The van der Waals surface area contributed by atoms with Crippen LogP contribution in [0.4, 0.5) is 0 Å². The number of hydrogen-bond acceptors (Lipinski definition) is 4. The van der Waals surface area contributed by atoms with Crippen molar-refractivity contribution in [1.82, 2.24) is 24.5 Å². The molecule has 1 atom stereocenters. The molecule has 2 aromatic heterocycles. The second kappa shape index (κ2) is 7.30. The van der Waals surface area contributed by atoms with Crippen molar-refractivity contribution in [3.05, 3.63) is 35.4 Å². The lowest BCUT2D eigenvalue weighted by Crippen LogP contribution is -2.34. The van der Waals surface area contributed by atoms with Crippen LogP contribution in [0.5, 0.6) is 0 Å². The van der Waals surface area contributed by atoms with Gasteiger partial charge in [-0.3, -0.25) is 14.3 Å². The van der Waals surface area contributed by atoms with Crippen molar-refractivity contribution in [2.45, 2.75) is 51.2 Å². The van der Waals surface area contributed by atoms with Crippen LogP contribution >= 0.6 is 0 Å². The van der Waals surface area contributed by atoms with E-state index in [1.807, 2.05) is 17.9 Å². The standard InChI is InChI=1S/C19H29N5O/c1-22-8-16(7-20-22)9-23-11-17-13-24(10-15-5-3-4-6-15)21-19(17)18(12-23)14-25-2/h7-8,13,15,18H,3-6,9-12,14H2,1-2H3. The fraction of sp³-hybridized carbons (Fsp3) is 0.684. The van der Waals surface area contributed by atoms with Crippen LogP contribution in [-0.4, -0.2) is 44.7 Å². The Morgan fingerprint density at radius 2 is 2.08 bits per heavy atom. The van der Waals surface area contributed by atoms with Crippen molar-refractivity contribution < 1.29 is 4.74 Å². The van der Waals surface area contributed by atoms with Gasteiger partial charge in [-0.25, -0.2) is 0 Å².